The van der Waals surface area contributed by atoms with E-state index in [1.165, 1.54) is 0 Å². The number of esters is 1. The summed E-state index contributed by atoms with van der Waals surface area (Å²) in [5.74, 6) is -2.47. The van der Waals surface area contributed by atoms with Crippen LogP contribution in [0.4, 0.5) is 0 Å². The van der Waals surface area contributed by atoms with Crippen molar-refractivity contribution < 1.29 is 29.0 Å². The molecule has 2 fully saturated rings. The van der Waals surface area contributed by atoms with Gasteiger partial charge in [0.2, 0.25) is 11.8 Å². The molecule has 206 valence electrons. The summed E-state index contributed by atoms with van der Waals surface area (Å²) in [4.78, 5) is 45.6. The summed E-state index contributed by atoms with van der Waals surface area (Å²) in [6.07, 6.45) is 10.8. The van der Waals surface area contributed by atoms with Crippen LogP contribution in [0.15, 0.2) is 24.3 Å². The van der Waals surface area contributed by atoms with Gasteiger partial charge >= 0.3 is 5.97 Å². The molecule has 1 spiro atoms. The Balaban J connectivity index is 1.81. The van der Waals surface area contributed by atoms with Gasteiger partial charge in [0.05, 0.1) is 5.92 Å². The Morgan fingerprint density at radius 2 is 1.73 bits per heavy atom. The van der Waals surface area contributed by atoms with Gasteiger partial charge in [0, 0.05) is 25.2 Å². The number of nitrogens with zero attached hydrogens (tertiary/aromatic N) is 2. The smallest absolute Gasteiger partial charge is 0.313 e. The molecule has 0 aliphatic carbocycles. The summed E-state index contributed by atoms with van der Waals surface area (Å²) in [6, 6.07) is -0.867. The minimum Gasteiger partial charge on any atom is -0.461 e. The summed E-state index contributed by atoms with van der Waals surface area (Å²) in [6.45, 7) is 13.6. The van der Waals surface area contributed by atoms with Crippen LogP contribution in [-0.2, 0) is 23.9 Å². The summed E-state index contributed by atoms with van der Waals surface area (Å²) in [5.41, 5.74) is -2.72. The Morgan fingerprint density at radius 3 is 2.38 bits per heavy atom. The van der Waals surface area contributed by atoms with Crippen molar-refractivity contribution >= 4 is 17.8 Å². The van der Waals surface area contributed by atoms with Gasteiger partial charge in [-0.1, -0.05) is 45.9 Å². The lowest BCUT2D eigenvalue weighted by molar-refractivity contribution is -0.160. The van der Waals surface area contributed by atoms with Gasteiger partial charge in [-0.15, -0.1) is 0 Å². The van der Waals surface area contributed by atoms with Crippen molar-refractivity contribution in [2.24, 2.45) is 17.3 Å². The zero-order valence-electron chi connectivity index (χ0n) is 23.3. The minimum absolute atomic E-state index is 0.00658. The average molecular weight is 517 g/mol. The third-order valence-corrected chi connectivity index (χ3v) is 8.45. The fraction of sp³-hybridized carbons (Fsp3) is 0.759. The Kier molecular flexibility index (Phi) is 7.40. The van der Waals surface area contributed by atoms with Gasteiger partial charge in [-0.25, -0.2) is 0 Å². The van der Waals surface area contributed by atoms with Crippen LogP contribution in [0, 0.1) is 17.3 Å². The van der Waals surface area contributed by atoms with Gasteiger partial charge < -0.3 is 24.4 Å². The Labute approximate surface area is 221 Å². The summed E-state index contributed by atoms with van der Waals surface area (Å²) in [7, 11) is 0. The number of carbonyl (C=O) groups is 3. The first-order valence-electron chi connectivity index (χ1n) is 13.8. The SMILES string of the molecule is CC[C@@]12C=CCOC(=O)[C@@H]1[C@H]1C(=O)N(CCCCCO)C3C(=O)N(C(C)(C)CC(C)(C)C)CC=C[C@@]31O2. The van der Waals surface area contributed by atoms with Gasteiger partial charge in [-0.2, -0.15) is 0 Å². The van der Waals surface area contributed by atoms with Gasteiger partial charge in [-0.3, -0.25) is 14.4 Å². The van der Waals surface area contributed by atoms with Crippen LogP contribution in [-0.4, -0.2) is 81.8 Å². The quantitative estimate of drug-likeness (QED) is 0.302. The number of unbranched alkanes of at least 4 members (excludes halogenated alkanes) is 2. The maximum Gasteiger partial charge on any atom is 0.313 e. The molecule has 8 nitrogen and oxygen atoms in total. The van der Waals surface area contributed by atoms with Gasteiger partial charge in [0.25, 0.3) is 0 Å². The van der Waals surface area contributed by atoms with Crippen molar-refractivity contribution in [1.82, 2.24) is 9.80 Å². The highest BCUT2D eigenvalue weighted by atomic mass is 16.6. The number of aliphatic hydroxyl groups is 1. The third-order valence-electron chi connectivity index (χ3n) is 8.45. The summed E-state index contributed by atoms with van der Waals surface area (Å²) >= 11 is 0. The number of hydrogen-bond acceptors (Lipinski definition) is 6. The second-order valence-corrected chi connectivity index (χ2v) is 12.9. The third kappa shape index (κ3) is 4.65. The first-order valence-corrected chi connectivity index (χ1v) is 13.8. The number of rotatable bonds is 8. The Morgan fingerprint density at radius 1 is 1.00 bits per heavy atom. The second kappa shape index (κ2) is 9.84. The van der Waals surface area contributed by atoms with Crippen LogP contribution >= 0.6 is 0 Å². The molecule has 1 unspecified atom stereocenters. The topological polar surface area (TPSA) is 96.4 Å². The van der Waals surface area contributed by atoms with E-state index in [4.69, 9.17) is 9.47 Å². The van der Waals surface area contributed by atoms with Crippen LogP contribution in [0.1, 0.15) is 73.6 Å². The van der Waals surface area contributed by atoms with Crippen molar-refractivity contribution in [3.63, 3.8) is 0 Å². The fourth-order valence-corrected chi connectivity index (χ4v) is 7.34. The molecule has 4 aliphatic heterocycles. The van der Waals surface area contributed by atoms with E-state index in [0.29, 0.717) is 32.4 Å². The number of likely N-dealkylation sites (tertiary alicyclic amines) is 1. The van der Waals surface area contributed by atoms with Crippen LogP contribution in [0.25, 0.3) is 0 Å². The molecular formula is C29H44N2O6. The largest absolute Gasteiger partial charge is 0.461 e. The molecule has 0 saturated carbocycles. The predicted molar refractivity (Wildman–Crippen MR) is 139 cm³/mol. The second-order valence-electron chi connectivity index (χ2n) is 12.9. The van der Waals surface area contributed by atoms with Crippen LogP contribution < -0.4 is 0 Å². The Hall–Kier alpha value is -2.19. The molecule has 37 heavy (non-hydrogen) atoms. The first-order chi connectivity index (χ1) is 17.3. The number of fused-ring (bicyclic) bond motifs is 2. The van der Waals surface area contributed by atoms with E-state index in [0.717, 1.165) is 12.8 Å². The van der Waals surface area contributed by atoms with Gasteiger partial charge in [0.15, 0.2) is 0 Å². The van der Waals surface area contributed by atoms with Gasteiger partial charge in [-0.05, 0) is 57.4 Å². The number of amides is 2. The molecule has 0 aromatic heterocycles. The standard InChI is InChI=1S/C29H44N2O6/c1-7-28-13-12-18-36-25(35)21(28)20-23(33)30(15-9-8-10-17-32)22-24(34)31(16-11-14-29(20,22)37-28)27(5,6)19-26(2,3)4/h11-14,20-22,32H,7-10,15-19H2,1-6H3/t20-,21-,22?,28+,29-/m0/s1. The van der Waals surface area contributed by atoms with E-state index in [2.05, 4.69) is 34.6 Å². The van der Waals surface area contributed by atoms with Gasteiger partial charge in [0.1, 0.15) is 29.8 Å². The normalized spacial score (nSPS) is 33.7. The van der Waals surface area contributed by atoms with E-state index in [1.807, 2.05) is 30.1 Å². The number of cyclic esters (lactones) is 1. The zero-order chi connectivity index (χ0) is 27.2. The number of hydrogen-bond donors (Lipinski definition) is 1. The highest BCUT2D eigenvalue weighted by molar-refractivity contribution is 5.99. The van der Waals surface area contributed by atoms with E-state index >= 15 is 0 Å². The first kappa shape index (κ1) is 27.8. The maximum absolute atomic E-state index is 14.5. The molecule has 0 aromatic carbocycles. The lowest BCUT2D eigenvalue weighted by Gasteiger charge is -2.45. The van der Waals surface area contributed by atoms with E-state index in [1.54, 1.807) is 11.0 Å². The highest BCUT2D eigenvalue weighted by Crippen LogP contribution is 2.58. The monoisotopic (exact) mass is 516 g/mol. The number of ether oxygens (including phenoxy) is 2. The van der Waals surface area contributed by atoms with E-state index < -0.39 is 40.6 Å². The molecule has 4 aliphatic rings. The minimum atomic E-state index is -1.25. The Bertz CT molecular complexity index is 981. The average Bonchev–Trinajstić information content (AvgIpc) is 3.06. The van der Waals surface area contributed by atoms with Crippen LogP contribution in [0.3, 0.4) is 0 Å². The molecule has 4 heterocycles. The van der Waals surface area contributed by atoms with E-state index in [9.17, 15) is 19.5 Å². The summed E-state index contributed by atoms with van der Waals surface area (Å²) in [5, 5.41) is 9.24. The van der Waals surface area contributed by atoms with E-state index in [-0.39, 0.29) is 30.4 Å². The van der Waals surface area contributed by atoms with Crippen molar-refractivity contribution in [3.05, 3.63) is 24.3 Å². The maximum atomic E-state index is 14.5. The summed E-state index contributed by atoms with van der Waals surface area (Å²) < 4.78 is 12.4. The molecule has 2 saturated heterocycles. The molecule has 4 rings (SSSR count). The fourth-order valence-electron chi connectivity index (χ4n) is 7.34. The molecule has 2 amide bonds. The molecule has 0 aromatic rings. The lowest BCUT2D eigenvalue weighted by Crippen LogP contribution is -2.60. The van der Waals surface area contributed by atoms with Crippen molar-refractivity contribution in [1.29, 1.82) is 0 Å². The number of carbonyl (C=O) groups excluding carboxylic acids is 3. The molecule has 1 N–H and O–H groups in total. The van der Waals surface area contributed by atoms with Crippen LogP contribution in [0.2, 0.25) is 0 Å². The van der Waals surface area contributed by atoms with Crippen molar-refractivity contribution in [2.75, 3.05) is 26.3 Å². The molecule has 8 heteroatoms. The molecular weight excluding hydrogens is 472 g/mol. The van der Waals surface area contributed by atoms with Crippen LogP contribution in [0.5, 0.6) is 0 Å². The molecule has 0 radical (unpaired) electrons. The lowest BCUT2D eigenvalue weighted by atomic mass is 9.73. The zero-order valence-corrected chi connectivity index (χ0v) is 23.3. The van der Waals surface area contributed by atoms with Crippen molar-refractivity contribution in [2.45, 2.75) is 96.4 Å². The molecule has 5 atom stereocenters. The predicted octanol–water partition coefficient (Wildman–Crippen LogP) is 3.24. The molecule has 0 bridgehead atoms. The highest BCUT2D eigenvalue weighted by Gasteiger charge is 2.75. The van der Waals surface area contributed by atoms with Crippen molar-refractivity contribution in [3.8, 4) is 0 Å². The number of aliphatic hydroxyl groups excluding tert-OH is 1.